The minimum Gasteiger partial charge on any atom is -0.381 e. The van der Waals surface area contributed by atoms with Gasteiger partial charge in [0, 0.05) is 23.7 Å². The number of hydrogen-bond donors (Lipinski definition) is 0. The summed E-state index contributed by atoms with van der Waals surface area (Å²) in [6, 6.07) is 6.08. The Bertz CT molecular complexity index is 485. The summed E-state index contributed by atoms with van der Waals surface area (Å²) >= 11 is 0. The van der Waals surface area contributed by atoms with E-state index in [1.54, 1.807) is 12.1 Å². The Kier molecular flexibility index (Phi) is 4.06. The lowest BCUT2D eigenvalue weighted by atomic mass is 9.85. The monoisotopic (exact) mass is 266 g/mol. The van der Waals surface area contributed by atoms with Gasteiger partial charge in [0.1, 0.15) is 0 Å². The molecule has 0 N–H and O–H groups in total. The highest BCUT2D eigenvalue weighted by molar-refractivity contribution is 5.36. The predicted molar refractivity (Wildman–Crippen MR) is 66.6 cm³/mol. The molecule has 0 aromatic heterocycles. The normalized spacial score (nSPS) is 20.1. The molecule has 1 fully saturated rings. The first-order valence-corrected chi connectivity index (χ1v) is 6.02. The van der Waals surface area contributed by atoms with Crippen molar-refractivity contribution in [3.8, 4) is 0 Å². The van der Waals surface area contributed by atoms with Crippen molar-refractivity contribution < 1.29 is 14.6 Å². The molecular formula is C12H14N2O5. The van der Waals surface area contributed by atoms with E-state index in [1.165, 1.54) is 12.1 Å². The molecular weight excluding hydrogens is 252 g/mol. The number of non-ortho nitro benzene ring substituents is 1. The van der Waals surface area contributed by atoms with Crippen LogP contribution in [0.15, 0.2) is 24.3 Å². The summed E-state index contributed by atoms with van der Waals surface area (Å²) in [5.74, 6) is -0.287. The van der Waals surface area contributed by atoms with Gasteiger partial charge >= 0.3 is 0 Å². The summed E-state index contributed by atoms with van der Waals surface area (Å²) in [5.41, 5.74) is 0.603. The summed E-state index contributed by atoms with van der Waals surface area (Å²) in [6.07, 6.45) is 0.751. The second-order valence-corrected chi connectivity index (χ2v) is 4.60. The number of rotatable bonds is 5. The third-order valence-corrected chi connectivity index (χ3v) is 3.39. The highest BCUT2D eigenvalue weighted by Gasteiger charge is 2.31. The lowest BCUT2D eigenvalue weighted by Gasteiger charge is -2.18. The summed E-state index contributed by atoms with van der Waals surface area (Å²) in [7, 11) is 0. The van der Waals surface area contributed by atoms with Crippen LogP contribution in [-0.4, -0.2) is 29.6 Å². The minimum absolute atomic E-state index is 0.0373. The molecule has 0 saturated carbocycles. The van der Waals surface area contributed by atoms with E-state index in [2.05, 4.69) is 0 Å². The van der Waals surface area contributed by atoms with Crippen molar-refractivity contribution in [2.24, 2.45) is 5.92 Å². The number of ether oxygens (including phenoxy) is 1. The molecule has 102 valence electrons. The van der Waals surface area contributed by atoms with Crippen molar-refractivity contribution in [3.05, 3.63) is 50.1 Å². The van der Waals surface area contributed by atoms with E-state index in [9.17, 15) is 20.2 Å². The quantitative estimate of drug-likeness (QED) is 0.599. The fraction of sp³-hybridized carbons (Fsp3) is 0.500. The molecule has 7 nitrogen and oxygen atoms in total. The van der Waals surface area contributed by atoms with Gasteiger partial charge in [0.05, 0.1) is 17.4 Å². The second kappa shape index (κ2) is 5.75. The van der Waals surface area contributed by atoms with Crippen molar-refractivity contribution >= 4 is 5.69 Å². The van der Waals surface area contributed by atoms with Gasteiger partial charge in [0.2, 0.25) is 6.54 Å². The van der Waals surface area contributed by atoms with Crippen LogP contribution in [0, 0.1) is 26.1 Å². The molecule has 1 saturated heterocycles. The Hall–Kier alpha value is -2.02. The van der Waals surface area contributed by atoms with Gasteiger partial charge in [0.25, 0.3) is 5.69 Å². The number of benzene rings is 1. The van der Waals surface area contributed by atoms with Gasteiger partial charge in [-0.1, -0.05) is 12.1 Å². The number of nitro benzene ring substituents is 1. The van der Waals surface area contributed by atoms with Gasteiger partial charge in [-0.25, -0.2) is 0 Å². The zero-order chi connectivity index (χ0) is 13.8. The van der Waals surface area contributed by atoms with Crippen LogP contribution in [0.25, 0.3) is 0 Å². The van der Waals surface area contributed by atoms with E-state index < -0.39 is 4.92 Å². The maximum Gasteiger partial charge on any atom is 0.269 e. The fourth-order valence-electron chi connectivity index (χ4n) is 2.43. The van der Waals surface area contributed by atoms with Crippen molar-refractivity contribution in [3.63, 3.8) is 0 Å². The Labute approximate surface area is 109 Å². The third-order valence-electron chi connectivity index (χ3n) is 3.39. The van der Waals surface area contributed by atoms with E-state index in [4.69, 9.17) is 4.74 Å². The second-order valence-electron chi connectivity index (χ2n) is 4.60. The van der Waals surface area contributed by atoms with Crippen LogP contribution >= 0.6 is 0 Å². The lowest BCUT2D eigenvalue weighted by molar-refractivity contribution is -0.484. The van der Waals surface area contributed by atoms with Gasteiger partial charge in [-0.05, 0) is 17.9 Å². The lowest BCUT2D eigenvalue weighted by Crippen LogP contribution is -2.21. The maximum atomic E-state index is 10.8. The molecule has 2 rings (SSSR count). The average molecular weight is 266 g/mol. The van der Waals surface area contributed by atoms with E-state index in [-0.39, 0.29) is 29.0 Å². The summed E-state index contributed by atoms with van der Waals surface area (Å²) in [5, 5.41) is 21.6. The number of nitro groups is 2. The highest BCUT2D eigenvalue weighted by atomic mass is 16.6. The Morgan fingerprint density at radius 3 is 2.74 bits per heavy atom. The zero-order valence-corrected chi connectivity index (χ0v) is 10.2. The van der Waals surface area contributed by atoms with Crippen LogP contribution in [0.4, 0.5) is 5.69 Å². The molecule has 1 heterocycles. The van der Waals surface area contributed by atoms with Gasteiger partial charge in [-0.2, -0.15) is 0 Å². The molecule has 19 heavy (non-hydrogen) atoms. The molecule has 0 bridgehead atoms. The van der Waals surface area contributed by atoms with Crippen molar-refractivity contribution in [1.29, 1.82) is 0 Å². The first kappa shape index (κ1) is 13.4. The molecule has 0 radical (unpaired) electrons. The molecule has 0 spiro atoms. The molecule has 2 atom stereocenters. The van der Waals surface area contributed by atoms with Crippen LogP contribution < -0.4 is 0 Å². The van der Waals surface area contributed by atoms with Crippen LogP contribution in [0.3, 0.4) is 0 Å². The van der Waals surface area contributed by atoms with Gasteiger partial charge in [0.15, 0.2) is 0 Å². The fourth-order valence-corrected chi connectivity index (χ4v) is 2.43. The SMILES string of the molecule is O=[N+]([O-])C[C@@H](c1cccc([N+](=O)[O-])c1)C1CCOC1. The third kappa shape index (κ3) is 3.25. The number of hydrogen-bond acceptors (Lipinski definition) is 5. The van der Waals surface area contributed by atoms with E-state index in [0.29, 0.717) is 18.8 Å². The Balaban J connectivity index is 2.28. The topological polar surface area (TPSA) is 95.5 Å². The summed E-state index contributed by atoms with van der Waals surface area (Å²) < 4.78 is 5.26. The van der Waals surface area contributed by atoms with E-state index in [1.807, 2.05) is 0 Å². The highest BCUT2D eigenvalue weighted by Crippen LogP contribution is 2.32. The molecule has 1 aromatic rings. The predicted octanol–water partition coefficient (Wildman–Crippen LogP) is 1.99. The standard InChI is InChI=1S/C12H14N2O5/c15-13(16)7-12(10-4-5-19-8-10)9-2-1-3-11(6-9)14(17)18/h1-3,6,10,12H,4-5,7-8H2/t10?,12-/m0/s1. The minimum atomic E-state index is -0.488. The molecule has 1 aliphatic rings. The Morgan fingerprint density at radius 2 is 2.16 bits per heavy atom. The van der Waals surface area contributed by atoms with Crippen LogP contribution in [0.2, 0.25) is 0 Å². The largest absolute Gasteiger partial charge is 0.381 e. The maximum absolute atomic E-state index is 10.8. The first-order chi connectivity index (χ1) is 9.08. The van der Waals surface area contributed by atoms with Crippen molar-refractivity contribution in [2.75, 3.05) is 19.8 Å². The average Bonchev–Trinajstić information content (AvgIpc) is 2.89. The molecule has 0 amide bonds. The van der Waals surface area contributed by atoms with Gasteiger partial charge in [-0.15, -0.1) is 0 Å². The van der Waals surface area contributed by atoms with Crippen LogP contribution in [-0.2, 0) is 4.74 Å². The summed E-state index contributed by atoms with van der Waals surface area (Å²) in [4.78, 5) is 20.7. The van der Waals surface area contributed by atoms with E-state index >= 15 is 0 Å². The Morgan fingerprint density at radius 1 is 1.37 bits per heavy atom. The van der Waals surface area contributed by atoms with Gasteiger partial charge in [-0.3, -0.25) is 20.2 Å². The van der Waals surface area contributed by atoms with Crippen LogP contribution in [0.5, 0.6) is 0 Å². The zero-order valence-electron chi connectivity index (χ0n) is 10.2. The summed E-state index contributed by atoms with van der Waals surface area (Å²) in [6.45, 7) is 0.838. The molecule has 7 heteroatoms. The van der Waals surface area contributed by atoms with Crippen LogP contribution in [0.1, 0.15) is 17.9 Å². The molecule has 0 aliphatic carbocycles. The smallest absolute Gasteiger partial charge is 0.269 e. The van der Waals surface area contributed by atoms with Gasteiger partial charge < -0.3 is 4.74 Å². The number of nitrogens with zero attached hydrogens (tertiary/aromatic N) is 2. The van der Waals surface area contributed by atoms with E-state index in [0.717, 1.165) is 6.42 Å². The molecule has 1 aliphatic heterocycles. The first-order valence-electron chi connectivity index (χ1n) is 6.02. The molecule has 1 unspecified atom stereocenters. The van der Waals surface area contributed by atoms with Crippen molar-refractivity contribution in [1.82, 2.24) is 0 Å². The van der Waals surface area contributed by atoms with Crippen molar-refractivity contribution in [2.45, 2.75) is 12.3 Å². The molecule has 1 aromatic carbocycles.